The zero-order valence-electron chi connectivity index (χ0n) is 9.74. The molecule has 86 valence electrons. The van der Waals surface area contributed by atoms with E-state index in [0.717, 1.165) is 33.1 Å². The van der Waals surface area contributed by atoms with E-state index in [1.165, 1.54) is 0 Å². The third-order valence-corrected chi connectivity index (χ3v) is 3.12. The van der Waals surface area contributed by atoms with Crippen molar-refractivity contribution in [3.05, 3.63) is 35.9 Å². The normalized spacial score (nSPS) is 11.2. The number of methoxy groups -OCH3 is 1. The number of phenolic OH excluding ortho intramolecular Hbond substituents is 1. The van der Waals surface area contributed by atoms with Crippen LogP contribution in [0.2, 0.25) is 0 Å². The molecule has 0 aliphatic rings. The molecule has 2 aromatic carbocycles. The number of benzene rings is 2. The third kappa shape index (κ3) is 1.43. The Morgan fingerprint density at radius 1 is 1.06 bits per heavy atom. The molecule has 3 aromatic rings. The molecule has 1 heterocycles. The van der Waals surface area contributed by atoms with E-state index < -0.39 is 0 Å². The minimum absolute atomic E-state index is 0.316. The van der Waals surface area contributed by atoms with E-state index in [4.69, 9.17) is 4.74 Å². The summed E-state index contributed by atoms with van der Waals surface area (Å²) in [4.78, 5) is 3.28. The van der Waals surface area contributed by atoms with Crippen LogP contribution in [0.5, 0.6) is 11.5 Å². The van der Waals surface area contributed by atoms with Gasteiger partial charge in [-0.15, -0.1) is 0 Å². The van der Waals surface area contributed by atoms with Gasteiger partial charge < -0.3 is 14.8 Å². The smallest absolute Gasteiger partial charge is 0.120 e. The summed E-state index contributed by atoms with van der Waals surface area (Å²) in [5.41, 5.74) is 2.84. The maximum Gasteiger partial charge on any atom is 0.120 e. The number of aromatic amines is 1. The van der Waals surface area contributed by atoms with Gasteiger partial charge in [-0.25, -0.2) is 0 Å². The van der Waals surface area contributed by atoms with Gasteiger partial charge in [-0.2, -0.15) is 0 Å². The van der Waals surface area contributed by atoms with Crippen molar-refractivity contribution >= 4 is 21.8 Å². The van der Waals surface area contributed by atoms with Crippen LogP contribution in [-0.4, -0.2) is 17.2 Å². The molecule has 17 heavy (non-hydrogen) atoms. The minimum Gasteiger partial charge on any atom is -0.508 e. The molecular formula is C14H13NO2. The molecular weight excluding hydrogens is 214 g/mol. The minimum atomic E-state index is 0.316. The number of phenols is 1. The molecule has 0 atom stereocenters. The molecule has 0 unspecified atom stereocenters. The maximum absolute atomic E-state index is 9.70. The van der Waals surface area contributed by atoms with E-state index in [9.17, 15) is 5.11 Å². The molecule has 0 aliphatic carbocycles. The molecule has 2 N–H and O–H groups in total. The number of nitrogens with one attached hydrogen (secondary N) is 1. The van der Waals surface area contributed by atoms with Gasteiger partial charge in [-0.3, -0.25) is 0 Å². The Kier molecular flexibility index (Phi) is 2.01. The quantitative estimate of drug-likeness (QED) is 0.669. The number of hydrogen-bond donors (Lipinski definition) is 2. The number of aromatic nitrogens is 1. The number of ether oxygens (including phenoxy) is 1. The van der Waals surface area contributed by atoms with Crippen LogP contribution in [0.1, 0.15) is 5.56 Å². The lowest BCUT2D eigenvalue weighted by molar-refractivity contribution is 0.415. The zero-order chi connectivity index (χ0) is 12.0. The predicted octanol–water partition coefficient (Wildman–Crippen LogP) is 3.34. The highest BCUT2D eigenvalue weighted by Gasteiger charge is 2.07. The number of aryl methyl sites for hydroxylation is 1. The number of H-pyrrole nitrogens is 1. The van der Waals surface area contributed by atoms with E-state index in [0.29, 0.717) is 5.75 Å². The topological polar surface area (TPSA) is 45.2 Å². The molecule has 0 spiro atoms. The van der Waals surface area contributed by atoms with E-state index >= 15 is 0 Å². The van der Waals surface area contributed by atoms with Gasteiger partial charge in [0.2, 0.25) is 0 Å². The molecule has 1 aromatic heterocycles. The van der Waals surface area contributed by atoms with Crippen molar-refractivity contribution in [1.29, 1.82) is 0 Å². The van der Waals surface area contributed by atoms with Crippen molar-refractivity contribution in [1.82, 2.24) is 4.98 Å². The highest BCUT2D eigenvalue weighted by molar-refractivity contribution is 6.08. The summed E-state index contributed by atoms with van der Waals surface area (Å²) in [6.45, 7) is 1.90. The second-order valence-corrected chi connectivity index (χ2v) is 4.22. The molecule has 3 heteroatoms. The lowest BCUT2D eigenvalue weighted by Crippen LogP contribution is -1.80. The lowest BCUT2D eigenvalue weighted by Gasteiger charge is -1.99. The molecule has 0 amide bonds. The summed E-state index contributed by atoms with van der Waals surface area (Å²) < 4.78 is 5.20. The molecule has 0 saturated carbocycles. The van der Waals surface area contributed by atoms with Crippen LogP contribution in [0.15, 0.2) is 30.3 Å². The average molecular weight is 227 g/mol. The summed E-state index contributed by atoms with van der Waals surface area (Å²) >= 11 is 0. The average Bonchev–Trinajstić information content (AvgIpc) is 2.66. The van der Waals surface area contributed by atoms with Gasteiger partial charge >= 0.3 is 0 Å². The summed E-state index contributed by atoms with van der Waals surface area (Å²) in [6, 6.07) is 9.69. The second-order valence-electron chi connectivity index (χ2n) is 4.22. The second kappa shape index (κ2) is 3.42. The molecule has 0 aliphatic heterocycles. The van der Waals surface area contributed by atoms with Gasteiger partial charge in [0.25, 0.3) is 0 Å². The van der Waals surface area contributed by atoms with Gasteiger partial charge in [-0.05, 0) is 30.7 Å². The SMILES string of the molecule is COc1ccc2c(c1)[nH]c1cc(O)c(C)cc12. The Bertz CT molecular complexity index is 713. The van der Waals surface area contributed by atoms with Crippen molar-refractivity contribution in [2.24, 2.45) is 0 Å². The molecule has 0 bridgehead atoms. The Morgan fingerprint density at radius 2 is 1.82 bits per heavy atom. The highest BCUT2D eigenvalue weighted by Crippen LogP contribution is 2.31. The zero-order valence-corrected chi connectivity index (χ0v) is 9.74. The Hall–Kier alpha value is -2.16. The monoisotopic (exact) mass is 227 g/mol. The lowest BCUT2D eigenvalue weighted by atomic mass is 10.1. The van der Waals surface area contributed by atoms with Crippen molar-refractivity contribution < 1.29 is 9.84 Å². The fourth-order valence-electron chi connectivity index (χ4n) is 2.16. The van der Waals surface area contributed by atoms with Crippen LogP contribution in [0.25, 0.3) is 21.8 Å². The van der Waals surface area contributed by atoms with E-state index in [-0.39, 0.29) is 0 Å². The number of fused-ring (bicyclic) bond motifs is 3. The van der Waals surface area contributed by atoms with Gasteiger partial charge in [0.1, 0.15) is 11.5 Å². The van der Waals surface area contributed by atoms with E-state index in [2.05, 4.69) is 4.98 Å². The first kappa shape index (κ1) is 10.0. The van der Waals surface area contributed by atoms with E-state index in [1.807, 2.05) is 31.2 Å². The van der Waals surface area contributed by atoms with Crippen LogP contribution in [0, 0.1) is 6.92 Å². The van der Waals surface area contributed by atoms with Crippen LogP contribution >= 0.6 is 0 Å². The van der Waals surface area contributed by atoms with Crippen molar-refractivity contribution in [3.8, 4) is 11.5 Å². The van der Waals surface area contributed by atoms with Crippen LogP contribution < -0.4 is 4.74 Å². The molecule has 0 fully saturated rings. The van der Waals surface area contributed by atoms with Gasteiger partial charge in [0.15, 0.2) is 0 Å². The van der Waals surface area contributed by atoms with Crippen molar-refractivity contribution in [2.75, 3.05) is 7.11 Å². The summed E-state index contributed by atoms with van der Waals surface area (Å²) in [7, 11) is 1.65. The molecule has 3 nitrogen and oxygen atoms in total. The molecule has 0 radical (unpaired) electrons. The predicted molar refractivity (Wildman–Crippen MR) is 68.8 cm³/mol. The summed E-state index contributed by atoms with van der Waals surface area (Å²) in [6.07, 6.45) is 0. The summed E-state index contributed by atoms with van der Waals surface area (Å²) in [5, 5.41) is 12.0. The summed E-state index contributed by atoms with van der Waals surface area (Å²) in [5.74, 6) is 1.14. The van der Waals surface area contributed by atoms with E-state index in [1.54, 1.807) is 13.2 Å². The number of rotatable bonds is 1. The van der Waals surface area contributed by atoms with Crippen LogP contribution in [0.3, 0.4) is 0 Å². The number of aromatic hydroxyl groups is 1. The first-order chi connectivity index (χ1) is 8.19. The molecule has 3 rings (SSSR count). The van der Waals surface area contributed by atoms with Crippen molar-refractivity contribution in [3.63, 3.8) is 0 Å². The largest absolute Gasteiger partial charge is 0.508 e. The molecule has 0 saturated heterocycles. The third-order valence-electron chi connectivity index (χ3n) is 3.12. The van der Waals surface area contributed by atoms with Crippen LogP contribution in [-0.2, 0) is 0 Å². The highest BCUT2D eigenvalue weighted by atomic mass is 16.5. The fraction of sp³-hybridized carbons (Fsp3) is 0.143. The first-order valence-electron chi connectivity index (χ1n) is 5.48. The fourth-order valence-corrected chi connectivity index (χ4v) is 2.16. The van der Waals surface area contributed by atoms with Crippen molar-refractivity contribution in [2.45, 2.75) is 6.92 Å². The first-order valence-corrected chi connectivity index (χ1v) is 5.48. The Morgan fingerprint density at radius 3 is 2.59 bits per heavy atom. The standard InChI is InChI=1S/C14H13NO2/c1-8-5-11-10-4-3-9(17-2)6-12(10)15-13(11)7-14(8)16/h3-7,15-16H,1-2H3. The Labute approximate surface area is 98.6 Å². The number of hydrogen-bond acceptors (Lipinski definition) is 2. The van der Waals surface area contributed by atoms with Crippen LogP contribution in [0.4, 0.5) is 0 Å². The Balaban J connectivity index is 2.41. The van der Waals surface area contributed by atoms with Gasteiger partial charge in [-0.1, -0.05) is 0 Å². The maximum atomic E-state index is 9.70. The van der Waals surface area contributed by atoms with Gasteiger partial charge in [0.05, 0.1) is 18.1 Å². The van der Waals surface area contributed by atoms with Gasteiger partial charge in [0, 0.05) is 22.9 Å².